The number of carbonyl (C=O) groups is 1. The van der Waals surface area contributed by atoms with Gasteiger partial charge < -0.3 is 11.5 Å². The predicted octanol–water partition coefficient (Wildman–Crippen LogP) is 1.99. The molecule has 4 N–H and O–H groups in total. The van der Waals surface area contributed by atoms with E-state index in [1.165, 1.54) is 21.8 Å². The van der Waals surface area contributed by atoms with Crippen LogP contribution in [0.1, 0.15) is 26.4 Å². The van der Waals surface area contributed by atoms with Crippen LogP contribution in [0, 0.1) is 0 Å². The smallest absolute Gasteiger partial charge is 0.251 e. The van der Waals surface area contributed by atoms with Gasteiger partial charge in [0, 0.05) is 24.5 Å². The molecular formula is C15H17N3OS. The minimum atomic E-state index is -0.406. The van der Waals surface area contributed by atoms with Gasteiger partial charge in [-0.25, -0.2) is 0 Å². The van der Waals surface area contributed by atoms with Gasteiger partial charge in [-0.15, -0.1) is 11.3 Å². The van der Waals surface area contributed by atoms with Crippen molar-refractivity contribution < 1.29 is 4.79 Å². The molecule has 1 aromatic carbocycles. The molecule has 0 radical (unpaired) electrons. The molecule has 0 atom stereocenters. The number of nitrogens with zero attached hydrogens (tertiary/aromatic N) is 1. The normalized spacial score (nSPS) is 15.0. The lowest BCUT2D eigenvalue weighted by Crippen LogP contribution is -2.30. The van der Waals surface area contributed by atoms with Gasteiger partial charge in [0.25, 0.3) is 5.91 Å². The van der Waals surface area contributed by atoms with Crippen LogP contribution >= 0.6 is 11.3 Å². The van der Waals surface area contributed by atoms with Crippen molar-refractivity contribution in [2.75, 3.05) is 12.3 Å². The van der Waals surface area contributed by atoms with Crippen molar-refractivity contribution in [1.82, 2.24) is 4.90 Å². The maximum Gasteiger partial charge on any atom is 0.251 e. The molecule has 1 aliphatic rings. The molecule has 0 aliphatic carbocycles. The van der Waals surface area contributed by atoms with Gasteiger partial charge >= 0.3 is 0 Å². The molecule has 0 bridgehead atoms. The Hall–Kier alpha value is -1.85. The van der Waals surface area contributed by atoms with Crippen LogP contribution in [0.15, 0.2) is 30.3 Å². The third kappa shape index (κ3) is 2.42. The van der Waals surface area contributed by atoms with Crippen LogP contribution in [0.3, 0.4) is 0 Å². The Bertz CT molecular complexity index is 636. The number of rotatable bonds is 3. The van der Waals surface area contributed by atoms with Crippen molar-refractivity contribution in [2.24, 2.45) is 5.73 Å². The lowest BCUT2D eigenvalue weighted by Gasteiger charge is -2.27. The van der Waals surface area contributed by atoms with Crippen LogP contribution in [0.5, 0.6) is 0 Å². The summed E-state index contributed by atoms with van der Waals surface area (Å²) in [6.45, 7) is 2.69. The summed E-state index contributed by atoms with van der Waals surface area (Å²) in [6, 6.07) is 10.4. The molecule has 0 unspecified atom stereocenters. The zero-order chi connectivity index (χ0) is 14.1. The van der Waals surface area contributed by atoms with E-state index in [2.05, 4.69) is 29.2 Å². The summed E-state index contributed by atoms with van der Waals surface area (Å²) in [6.07, 6.45) is 0.841. The molecule has 0 saturated carbocycles. The lowest BCUT2D eigenvalue weighted by atomic mass is 10.0. The monoisotopic (exact) mass is 287 g/mol. The first kappa shape index (κ1) is 13.1. The molecule has 1 amide bonds. The molecule has 1 aliphatic heterocycles. The Balaban J connectivity index is 1.79. The molecule has 0 saturated heterocycles. The second-order valence-corrected chi connectivity index (χ2v) is 6.19. The molecule has 104 valence electrons. The van der Waals surface area contributed by atoms with Crippen molar-refractivity contribution in [3.05, 3.63) is 51.9 Å². The van der Waals surface area contributed by atoms with Crippen molar-refractivity contribution in [2.45, 2.75) is 19.5 Å². The maximum atomic E-state index is 11.5. The Morgan fingerprint density at radius 1 is 1.30 bits per heavy atom. The van der Waals surface area contributed by atoms with Crippen molar-refractivity contribution in [3.63, 3.8) is 0 Å². The number of thiophene rings is 1. The number of hydrogen-bond acceptors (Lipinski definition) is 4. The quantitative estimate of drug-likeness (QED) is 0.906. The molecule has 5 heteroatoms. The minimum Gasteiger partial charge on any atom is -0.390 e. The fraction of sp³-hybridized carbons (Fsp3) is 0.267. The average Bonchev–Trinajstić information content (AvgIpc) is 2.75. The number of nitrogen functional groups attached to an aromatic ring is 1. The van der Waals surface area contributed by atoms with E-state index >= 15 is 0 Å². The molecule has 20 heavy (non-hydrogen) atoms. The van der Waals surface area contributed by atoms with Crippen LogP contribution in [-0.4, -0.2) is 17.4 Å². The van der Waals surface area contributed by atoms with Crippen LogP contribution in [0.2, 0.25) is 0 Å². The van der Waals surface area contributed by atoms with Crippen LogP contribution < -0.4 is 11.5 Å². The molecule has 4 nitrogen and oxygen atoms in total. The highest BCUT2D eigenvalue weighted by molar-refractivity contribution is 7.16. The molecular weight excluding hydrogens is 270 g/mol. The van der Waals surface area contributed by atoms with Crippen LogP contribution in [0.4, 0.5) is 5.00 Å². The minimum absolute atomic E-state index is 0.406. The van der Waals surface area contributed by atoms with Gasteiger partial charge in [0.15, 0.2) is 0 Å². The van der Waals surface area contributed by atoms with Gasteiger partial charge in [0.05, 0.1) is 10.6 Å². The summed E-state index contributed by atoms with van der Waals surface area (Å²) in [5.74, 6) is -0.406. The average molecular weight is 287 g/mol. The van der Waals surface area contributed by atoms with Gasteiger partial charge in [0.2, 0.25) is 0 Å². The Kier molecular flexibility index (Phi) is 3.46. The molecule has 0 fully saturated rings. The topological polar surface area (TPSA) is 72.3 Å². The summed E-state index contributed by atoms with van der Waals surface area (Å²) < 4.78 is 0. The second kappa shape index (κ2) is 5.26. The number of nitrogens with two attached hydrogens (primary N) is 2. The largest absolute Gasteiger partial charge is 0.390 e. The Morgan fingerprint density at radius 2 is 2.05 bits per heavy atom. The van der Waals surface area contributed by atoms with E-state index in [9.17, 15) is 4.79 Å². The van der Waals surface area contributed by atoms with Crippen molar-refractivity contribution >= 4 is 22.2 Å². The van der Waals surface area contributed by atoms with E-state index in [4.69, 9.17) is 11.5 Å². The van der Waals surface area contributed by atoms with Gasteiger partial charge in [-0.1, -0.05) is 30.3 Å². The van der Waals surface area contributed by atoms with Crippen molar-refractivity contribution in [1.29, 1.82) is 0 Å². The molecule has 2 aromatic rings. The van der Waals surface area contributed by atoms with Gasteiger partial charge in [-0.3, -0.25) is 9.69 Å². The van der Waals surface area contributed by atoms with E-state index in [1.807, 2.05) is 6.07 Å². The number of fused-ring (bicyclic) bond motifs is 1. The Labute approximate surface area is 122 Å². The highest BCUT2D eigenvalue weighted by Crippen LogP contribution is 2.35. The first-order chi connectivity index (χ1) is 9.65. The number of carbonyl (C=O) groups excluding carboxylic acids is 1. The highest BCUT2D eigenvalue weighted by Gasteiger charge is 2.25. The third-order valence-electron chi connectivity index (χ3n) is 3.66. The molecule has 0 spiro atoms. The summed E-state index contributed by atoms with van der Waals surface area (Å²) in [4.78, 5) is 15.0. The van der Waals surface area contributed by atoms with Gasteiger partial charge in [-0.2, -0.15) is 0 Å². The zero-order valence-electron chi connectivity index (χ0n) is 11.1. The number of amides is 1. The first-order valence-corrected chi connectivity index (χ1v) is 7.43. The predicted molar refractivity (Wildman–Crippen MR) is 81.5 cm³/mol. The van der Waals surface area contributed by atoms with E-state index in [0.717, 1.165) is 31.6 Å². The number of primary amides is 1. The first-order valence-electron chi connectivity index (χ1n) is 6.61. The summed E-state index contributed by atoms with van der Waals surface area (Å²) in [7, 11) is 0. The van der Waals surface area contributed by atoms with Gasteiger partial charge in [0.1, 0.15) is 0 Å². The third-order valence-corrected chi connectivity index (χ3v) is 4.70. The SMILES string of the molecule is NC(=O)c1c(N)sc2c1CCN(Cc1ccccc1)C2. The maximum absolute atomic E-state index is 11.5. The zero-order valence-corrected chi connectivity index (χ0v) is 12.0. The lowest BCUT2D eigenvalue weighted by molar-refractivity contribution is 0.1000. The van der Waals surface area contributed by atoms with Crippen molar-refractivity contribution in [3.8, 4) is 0 Å². The molecule has 3 rings (SSSR count). The summed E-state index contributed by atoms with van der Waals surface area (Å²) >= 11 is 1.49. The van der Waals surface area contributed by atoms with E-state index in [-0.39, 0.29) is 0 Å². The summed E-state index contributed by atoms with van der Waals surface area (Å²) in [5.41, 5.74) is 14.2. The van der Waals surface area contributed by atoms with E-state index < -0.39 is 5.91 Å². The van der Waals surface area contributed by atoms with E-state index in [1.54, 1.807) is 0 Å². The number of hydrogen-bond donors (Lipinski definition) is 2. The highest BCUT2D eigenvalue weighted by atomic mass is 32.1. The van der Waals surface area contributed by atoms with Crippen LogP contribution in [0.25, 0.3) is 0 Å². The van der Waals surface area contributed by atoms with Gasteiger partial charge in [-0.05, 0) is 17.5 Å². The summed E-state index contributed by atoms with van der Waals surface area (Å²) in [5, 5.41) is 0.559. The molecule has 1 aromatic heterocycles. The Morgan fingerprint density at radius 3 is 2.75 bits per heavy atom. The fourth-order valence-corrected chi connectivity index (χ4v) is 3.89. The number of benzene rings is 1. The number of anilines is 1. The van der Waals surface area contributed by atoms with Crippen LogP contribution in [-0.2, 0) is 19.5 Å². The fourth-order valence-electron chi connectivity index (χ4n) is 2.72. The second-order valence-electron chi connectivity index (χ2n) is 5.05. The van der Waals surface area contributed by atoms with E-state index in [0.29, 0.717) is 10.6 Å². The standard InChI is InChI=1S/C15H17N3OS/c16-14(19)13-11-6-7-18(9-12(11)20-15(13)17)8-10-4-2-1-3-5-10/h1-5H,6-9,17H2,(H2,16,19). The molecule has 2 heterocycles.